The third-order valence-corrected chi connectivity index (χ3v) is 3.21. The molecule has 0 aliphatic carbocycles. The molecule has 4 heteroatoms. The molecular formula is C15H17BrN2O. The Labute approximate surface area is 122 Å². The van der Waals surface area contributed by atoms with Crippen LogP contribution in [0.1, 0.15) is 5.56 Å². The second-order valence-electron chi connectivity index (χ2n) is 4.51. The minimum atomic E-state index is 0.525. The Balaban J connectivity index is 2.24. The van der Waals surface area contributed by atoms with Crippen LogP contribution >= 0.6 is 15.9 Å². The van der Waals surface area contributed by atoms with Crippen molar-refractivity contribution in [1.82, 2.24) is 0 Å². The van der Waals surface area contributed by atoms with Crippen LogP contribution in [0.3, 0.4) is 0 Å². The van der Waals surface area contributed by atoms with E-state index < -0.39 is 0 Å². The number of ether oxygens (including phenoxy) is 1. The van der Waals surface area contributed by atoms with E-state index in [1.807, 2.05) is 61.5 Å². The quantitative estimate of drug-likeness (QED) is 0.873. The standard InChI is InChI=1S/C15H17BrN2O/c1-18(2)15-13(17)8-12(16)9-14(15)19-10-11-6-4-3-5-7-11/h3-9H,10,17H2,1-2H3. The van der Waals surface area contributed by atoms with E-state index in [1.165, 1.54) is 0 Å². The normalized spacial score (nSPS) is 10.3. The summed E-state index contributed by atoms with van der Waals surface area (Å²) in [7, 11) is 3.91. The van der Waals surface area contributed by atoms with Crippen LogP contribution in [0, 0.1) is 0 Å². The van der Waals surface area contributed by atoms with Gasteiger partial charge in [0.25, 0.3) is 0 Å². The average Bonchev–Trinajstić information content (AvgIpc) is 2.36. The van der Waals surface area contributed by atoms with Gasteiger partial charge in [-0.1, -0.05) is 46.3 Å². The van der Waals surface area contributed by atoms with E-state index in [0.29, 0.717) is 12.3 Å². The summed E-state index contributed by atoms with van der Waals surface area (Å²) in [5.74, 6) is 0.778. The number of nitrogen functional groups attached to an aromatic ring is 1. The highest BCUT2D eigenvalue weighted by Gasteiger charge is 2.11. The molecule has 0 amide bonds. The van der Waals surface area contributed by atoms with Gasteiger partial charge in [-0.3, -0.25) is 0 Å². The molecule has 0 spiro atoms. The second-order valence-corrected chi connectivity index (χ2v) is 5.43. The topological polar surface area (TPSA) is 38.5 Å². The lowest BCUT2D eigenvalue weighted by Gasteiger charge is -2.20. The third kappa shape index (κ3) is 3.41. The molecule has 0 unspecified atom stereocenters. The molecule has 0 heterocycles. The van der Waals surface area contributed by atoms with Gasteiger partial charge in [0, 0.05) is 18.6 Å². The molecule has 0 bridgehead atoms. The van der Waals surface area contributed by atoms with Crippen LogP contribution < -0.4 is 15.4 Å². The average molecular weight is 321 g/mol. The van der Waals surface area contributed by atoms with E-state index in [0.717, 1.165) is 21.5 Å². The monoisotopic (exact) mass is 320 g/mol. The van der Waals surface area contributed by atoms with Crippen molar-refractivity contribution in [3.63, 3.8) is 0 Å². The molecule has 0 saturated carbocycles. The Hall–Kier alpha value is -1.68. The summed E-state index contributed by atoms with van der Waals surface area (Å²) in [6.07, 6.45) is 0. The number of halogens is 1. The van der Waals surface area contributed by atoms with Gasteiger partial charge in [0.2, 0.25) is 0 Å². The molecule has 0 aromatic heterocycles. The van der Waals surface area contributed by atoms with Crippen LogP contribution in [0.4, 0.5) is 11.4 Å². The van der Waals surface area contributed by atoms with Crippen molar-refractivity contribution < 1.29 is 4.74 Å². The molecule has 2 aromatic rings. The van der Waals surface area contributed by atoms with Crippen LogP contribution in [0.5, 0.6) is 5.75 Å². The third-order valence-electron chi connectivity index (χ3n) is 2.75. The van der Waals surface area contributed by atoms with E-state index in [1.54, 1.807) is 0 Å². The first-order chi connectivity index (χ1) is 9.08. The first kappa shape index (κ1) is 13.7. The summed E-state index contributed by atoms with van der Waals surface area (Å²) in [6.45, 7) is 0.525. The van der Waals surface area contributed by atoms with Crippen molar-refractivity contribution in [3.8, 4) is 5.75 Å². The lowest BCUT2D eigenvalue weighted by Crippen LogP contribution is -2.13. The maximum absolute atomic E-state index is 6.04. The molecule has 2 aromatic carbocycles. The minimum absolute atomic E-state index is 0.525. The van der Waals surface area contributed by atoms with Gasteiger partial charge in [0.05, 0.1) is 5.69 Å². The Bertz CT molecular complexity index is 556. The highest BCUT2D eigenvalue weighted by atomic mass is 79.9. The smallest absolute Gasteiger partial charge is 0.146 e. The highest BCUT2D eigenvalue weighted by molar-refractivity contribution is 9.10. The van der Waals surface area contributed by atoms with E-state index in [9.17, 15) is 0 Å². The summed E-state index contributed by atoms with van der Waals surface area (Å²) in [5, 5.41) is 0. The number of nitrogens with zero attached hydrogens (tertiary/aromatic N) is 1. The fourth-order valence-electron chi connectivity index (χ4n) is 1.92. The summed E-state index contributed by atoms with van der Waals surface area (Å²) < 4.78 is 6.81. The predicted molar refractivity (Wildman–Crippen MR) is 83.7 cm³/mol. The fraction of sp³-hybridized carbons (Fsp3) is 0.200. The van der Waals surface area contributed by atoms with Gasteiger partial charge < -0.3 is 15.4 Å². The molecule has 0 fully saturated rings. The van der Waals surface area contributed by atoms with Gasteiger partial charge in [-0.15, -0.1) is 0 Å². The van der Waals surface area contributed by atoms with Crippen LogP contribution in [-0.2, 0) is 6.61 Å². The van der Waals surface area contributed by atoms with Crippen molar-refractivity contribution >= 4 is 27.3 Å². The Morgan fingerprint density at radius 2 is 1.84 bits per heavy atom. The largest absolute Gasteiger partial charge is 0.487 e. The van der Waals surface area contributed by atoms with Gasteiger partial charge in [0.1, 0.15) is 18.0 Å². The lowest BCUT2D eigenvalue weighted by atomic mass is 10.2. The van der Waals surface area contributed by atoms with Crippen molar-refractivity contribution in [3.05, 3.63) is 52.5 Å². The zero-order valence-electron chi connectivity index (χ0n) is 11.1. The molecule has 19 heavy (non-hydrogen) atoms. The predicted octanol–water partition coefficient (Wildman–Crippen LogP) is 3.68. The molecule has 0 aliphatic rings. The lowest BCUT2D eigenvalue weighted by molar-refractivity contribution is 0.307. The number of anilines is 2. The van der Waals surface area contributed by atoms with Crippen molar-refractivity contribution in [2.45, 2.75) is 6.61 Å². The highest BCUT2D eigenvalue weighted by Crippen LogP contribution is 2.36. The summed E-state index contributed by atoms with van der Waals surface area (Å²) >= 11 is 3.44. The molecular weight excluding hydrogens is 304 g/mol. The molecule has 2 N–H and O–H groups in total. The fourth-order valence-corrected chi connectivity index (χ4v) is 2.37. The van der Waals surface area contributed by atoms with Gasteiger partial charge in [-0.05, 0) is 17.7 Å². The zero-order valence-corrected chi connectivity index (χ0v) is 12.6. The maximum Gasteiger partial charge on any atom is 0.146 e. The molecule has 100 valence electrons. The van der Waals surface area contributed by atoms with E-state index in [4.69, 9.17) is 10.5 Å². The van der Waals surface area contributed by atoms with E-state index in [-0.39, 0.29) is 0 Å². The number of hydrogen-bond acceptors (Lipinski definition) is 3. The maximum atomic E-state index is 6.04. The minimum Gasteiger partial charge on any atom is -0.487 e. The van der Waals surface area contributed by atoms with Crippen LogP contribution in [0.2, 0.25) is 0 Å². The van der Waals surface area contributed by atoms with Gasteiger partial charge in [0.15, 0.2) is 0 Å². The number of rotatable bonds is 4. The second kappa shape index (κ2) is 5.97. The number of nitrogens with two attached hydrogens (primary N) is 1. The first-order valence-corrected chi connectivity index (χ1v) is 6.80. The summed E-state index contributed by atoms with van der Waals surface area (Å²) in [5.41, 5.74) is 8.77. The van der Waals surface area contributed by atoms with Crippen molar-refractivity contribution in [2.24, 2.45) is 0 Å². The van der Waals surface area contributed by atoms with E-state index in [2.05, 4.69) is 15.9 Å². The molecule has 0 radical (unpaired) electrons. The van der Waals surface area contributed by atoms with Crippen LogP contribution in [-0.4, -0.2) is 14.1 Å². The first-order valence-electron chi connectivity index (χ1n) is 6.01. The van der Waals surface area contributed by atoms with Gasteiger partial charge in [-0.2, -0.15) is 0 Å². The Kier molecular flexibility index (Phi) is 4.32. The van der Waals surface area contributed by atoms with E-state index >= 15 is 0 Å². The Morgan fingerprint density at radius 3 is 2.47 bits per heavy atom. The van der Waals surface area contributed by atoms with Crippen LogP contribution in [0.25, 0.3) is 0 Å². The molecule has 3 nitrogen and oxygen atoms in total. The van der Waals surface area contributed by atoms with Crippen molar-refractivity contribution in [2.75, 3.05) is 24.7 Å². The SMILES string of the molecule is CN(C)c1c(N)cc(Br)cc1OCc1ccccc1. The summed E-state index contributed by atoms with van der Waals surface area (Å²) in [6, 6.07) is 13.9. The number of hydrogen-bond donors (Lipinski definition) is 1. The van der Waals surface area contributed by atoms with Crippen LogP contribution in [0.15, 0.2) is 46.9 Å². The van der Waals surface area contributed by atoms with Gasteiger partial charge >= 0.3 is 0 Å². The number of benzene rings is 2. The summed E-state index contributed by atoms with van der Waals surface area (Å²) in [4.78, 5) is 1.96. The molecule has 0 atom stereocenters. The molecule has 0 aliphatic heterocycles. The molecule has 2 rings (SSSR count). The molecule has 0 saturated heterocycles. The van der Waals surface area contributed by atoms with Crippen molar-refractivity contribution in [1.29, 1.82) is 0 Å². The zero-order chi connectivity index (χ0) is 13.8. The Morgan fingerprint density at radius 1 is 1.16 bits per heavy atom. The van der Waals surface area contributed by atoms with Gasteiger partial charge in [-0.25, -0.2) is 0 Å².